The van der Waals surface area contributed by atoms with Gasteiger partial charge in [-0.3, -0.25) is 4.57 Å². The highest BCUT2D eigenvalue weighted by atomic mass is 31.2. The molecule has 0 saturated heterocycles. The Kier molecular flexibility index (Phi) is 3.52. The highest BCUT2D eigenvalue weighted by Gasteiger charge is 2.40. The van der Waals surface area contributed by atoms with Crippen molar-refractivity contribution in [3.8, 4) is 0 Å². The molecule has 0 bridgehead atoms. The zero-order valence-electron chi connectivity index (χ0n) is 7.78. The van der Waals surface area contributed by atoms with Gasteiger partial charge in [-0.05, 0) is 32.2 Å². The molecule has 0 aliphatic heterocycles. The first-order valence-corrected chi connectivity index (χ1v) is 6.74. The summed E-state index contributed by atoms with van der Waals surface area (Å²) in [4.78, 5) is 9.49. The normalized spacial score (nSPS) is 24.8. The molecule has 1 saturated carbocycles. The minimum atomic E-state index is -3.13. The minimum absolute atomic E-state index is 0.0556. The third-order valence-corrected chi connectivity index (χ3v) is 4.64. The fourth-order valence-electron chi connectivity index (χ4n) is 1.62. The Morgan fingerprint density at radius 3 is 2.46 bits per heavy atom. The molecular formula is C8H18NO3P. The van der Waals surface area contributed by atoms with E-state index in [1.807, 2.05) is 0 Å². The van der Waals surface area contributed by atoms with Crippen molar-refractivity contribution >= 4 is 7.37 Å². The van der Waals surface area contributed by atoms with Crippen LogP contribution in [0, 0.1) is 0 Å². The highest BCUT2D eigenvalue weighted by Crippen LogP contribution is 2.49. The van der Waals surface area contributed by atoms with Gasteiger partial charge in [0.1, 0.15) is 0 Å². The van der Waals surface area contributed by atoms with Crippen LogP contribution in [0.15, 0.2) is 0 Å². The van der Waals surface area contributed by atoms with Crippen LogP contribution in [0.2, 0.25) is 0 Å². The second kappa shape index (κ2) is 4.09. The van der Waals surface area contributed by atoms with Gasteiger partial charge in [0.05, 0.1) is 11.8 Å². The summed E-state index contributed by atoms with van der Waals surface area (Å²) in [6.45, 7) is 0.434. The maximum atomic E-state index is 11.5. The van der Waals surface area contributed by atoms with Crippen molar-refractivity contribution in [2.75, 3.05) is 18.9 Å². The van der Waals surface area contributed by atoms with Gasteiger partial charge < -0.3 is 15.7 Å². The largest absolute Gasteiger partial charge is 0.389 e. The molecular weight excluding hydrogens is 189 g/mol. The van der Waals surface area contributed by atoms with Crippen LogP contribution in [0.3, 0.4) is 0 Å². The van der Waals surface area contributed by atoms with E-state index in [-0.39, 0.29) is 12.3 Å². The summed E-state index contributed by atoms with van der Waals surface area (Å²) >= 11 is 0. The Morgan fingerprint density at radius 2 is 2.08 bits per heavy atom. The van der Waals surface area contributed by atoms with Crippen LogP contribution in [0.5, 0.6) is 0 Å². The molecule has 0 amide bonds. The molecule has 0 aromatic rings. The van der Waals surface area contributed by atoms with E-state index in [0.29, 0.717) is 25.8 Å². The van der Waals surface area contributed by atoms with E-state index in [1.165, 1.54) is 0 Å². The topological polar surface area (TPSA) is 83.6 Å². The third-order valence-electron chi connectivity index (χ3n) is 2.54. The van der Waals surface area contributed by atoms with Gasteiger partial charge in [0.2, 0.25) is 7.37 Å². The lowest BCUT2D eigenvalue weighted by molar-refractivity contribution is -0.0131. The van der Waals surface area contributed by atoms with Crippen LogP contribution < -0.4 is 5.73 Å². The molecule has 0 radical (unpaired) electrons. The van der Waals surface area contributed by atoms with Crippen molar-refractivity contribution in [3.05, 3.63) is 0 Å². The molecule has 0 aromatic carbocycles. The molecule has 0 aromatic heterocycles. The van der Waals surface area contributed by atoms with Crippen LogP contribution in [0.1, 0.15) is 25.7 Å². The standard InChI is InChI=1S/C8H18NO3P/c9-5-2-6-13(11,12)7-8(10)3-1-4-8/h10H,1-7,9H2,(H,11,12). The van der Waals surface area contributed by atoms with E-state index >= 15 is 0 Å². The average Bonchev–Trinajstić information content (AvgIpc) is 1.97. The van der Waals surface area contributed by atoms with Gasteiger partial charge in [0.15, 0.2) is 0 Å². The number of hydrogen-bond donors (Lipinski definition) is 3. The van der Waals surface area contributed by atoms with Gasteiger partial charge in [-0.25, -0.2) is 0 Å². The van der Waals surface area contributed by atoms with Crippen LogP contribution in [-0.4, -0.2) is 34.5 Å². The van der Waals surface area contributed by atoms with Gasteiger partial charge in [-0.15, -0.1) is 0 Å². The predicted octanol–water partition coefficient (Wildman–Crippen LogP) is 0.521. The van der Waals surface area contributed by atoms with Crippen molar-refractivity contribution in [1.82, 2.24) is 0 Å². The molecule has 0 spiro atoms. The maximum Gasteiger partial charge on any atom is 0.203 e. The number of rotatable bonds is 5. The van der Waals surface area contributed by atoms with E-state index in [1.54, 1.807) is 0 Å². The van der Waals surface area contributed by atoms with Crippen LogP contribution in [0.4, 0.5) is 0 Å². The molecule has 1 unspecified atom stereocenters. The Morgan fingerprint density at radius 1 is 1.46 bits per heavy atom. The van der Waals surface area contributed by atoms with Crippen LogP contribution >= 0.6 is 7.37 Å². The first-order valence-electron chi connectivity index (χ1n) is 4.71. The van der Waals surface area contributed by atoms with Gasteiger partial charge >= 0.3 is 0 Å². The zero-order chi connectivity index (χ0) is 9.95. The molecule has 78 valence electrons. The molecule has 1 rings (SSSR count). The van der Waals surface area contributed by atoms with Crippen molar-refractivity contribution in [1.29, 1.82) is 0 Å². The SMILES string of the molecule is NCCCP(=O)(O)CC1(O)CCC1. The van der Waals surface area contributed by atoms with E-state index in [0.717, 1.165) is 6.42 Å². The smallest absolute Gasteiger partial charge is 0.203 e. The Bertz CT molecular complexity index is 215. The number of nitrogens with two attached hydrogens (primary N) is 1. The lowest BCUT2D eigenvalue weighted by Crippen LogP contribution is -2.40. The molecule has 1 fully saturated rings. The fourth-order valence-corrected chi connectivity index (χ4v) is 3.69. The summed E-state index contributed by atoms with van der Waals surface area (Å²) in [7, 11) is -3.13. The van der Waals surface area contributed by atoms with Crippen molar-refractivity contribution in [3.63, 3.8) is 0 Å². The van der Waals surface area contributed by atoms with E-state index < -0.39 is 13.0 Å². The lowest BCUT2D eigenvalue weighted by Gasteiger charge is -2.37. The second-order valence-electron chi connectivity index (χ2n) is 3.95. The van der Waals surface area contributed by atoms with E-state index in [2.05, 4.69) is 0 Å². The van der Waals surface area contributed by atoms with Crippen molar-refractivity contribution in [2.45, 2.75) is 31.3 Å². The molecule has 13 heavy (non-hydrogen) atoms. The molecule has 4 nitrogen and oxygen atoms in total. The van der Waals surface area contributed by atoms with Gasteiger partial charge in [0, 0.05) is 6.16 Å². The minimum Gasteiger partial charge on any atom is -0.389 e. The first-order chi connectivity index (χ1) is 5.97. The van der Waals surface area contributed by atoms with Gasteiger partial charge in [-0.1, -0.05) is 0 Å². The molecule has 5 heteroatoms. The molecule has 0 heterocycles. The van der Waals surface area contributed by atoms with Gasteiger partial charge in [0.25, 0.3) is 0 Å². The number of aliphatic hydroxyl groups is 1. The summed E-state index contributed by atoms with van der Waals surface area (Å²) in [6, 6.07) is 0. The number of hydrogen-bond acceptors (Lipinski definition) is 3. The highest BCUT2D eigenvalue weighted by molar-refractivity contribution is 7.58. The molecule has 1 aliphatic rings. The predicted molar refractivity (Wildman–Crippen MR) is 52.0 cm³/mol. The molecule has 1 atom stereocenters. The lowest BCUT2D eigenvalue weighted by atomic mass is 9.82. The Labute approximate surface area is 78.6 Å². The summed E-state index contributed by atoms with van der Waals surface area (Å²) in [5.74, 6) is 0. The zero-order valence-corrected chi connectivity index (χ0v) is 8.67. The average molecular weight is 207 g/mol. The van der Waals surface area contributed by atoms with E-state index in [9.17, 15) is 14.6 Å². The van der Waals surface area contributed by atoms with Crippen molar-refractivity contribution in [2.24, 2.45) is 5.73 Å². The monoisotopic (exact) mass is 207 g/mol. The van der Waals surface area contributed by atoms with Crippen LogP contribution in [-0.2, 0) is 4.57 Å². The Balaban J connectivity index is 2.36. The van der Waals surface area contributed by atoms with Gasteiger partial charge in [-0.2, -0.15) is 0 Å². The second-order valence-corrected chi connectivity index (χ2v) is 6.40. The first kappa shape index (κ1) is 11.2. The fraction of sp³-hybridized carbons (Fsp3) is 1.00. The Hall–Kier alpha value is 0.110. The third kappa shape index (κ3) is 3.39. The quantitative estimate of drug-likeness (QED) is 0.574. The molecule has 4 N–H and O–H groups in total. The summed E-state index contributed by atoms with van der Waals surface area (Å²) in [5, 5.41) is 9.68. The summed E-state index contributed by atoms with van der Waals surface area (Å²) in [5.41, 5.74) is 4.40. The van der Waals surface area contributed by atoms with E-state index in [4.69, 9.17) is 5.73 Å². The summed E-state index contributed by atoms with van der Waals surface area (Å²) < 4.78 is 11.5. The molecule has 1 aliphatic carbocycles. The van der Waals surface area contributed by atoms with Crippen LogP contribution in [0.25, 0.3) is 0 Å². The maximum absolute atomic E-state index is 11.5. The van der Waals surface area contributed by atoms with Crippen molar-refractivity contribution < 1.29 is 14.6 Å². The summed E-state index contributed by atoms with van der Waals surface area (Å²) in [6.07, 6.45) is 3.16.